The molecule has 1 aromatic carbocycles. The Labute approximate surface area is 184 Å². The van der Waals surface area contributed by atoms with Crippen LogP contribution in [0.25, 0.3) is 10.9 Å². The lowest BCUT2D eigenvalue weighted by atomic mass is 9.71. The second-order valence-electron chi connectivity index (χ2n) is 10.1. The predicted molar refractivity (Wildman–Crippen MR) is 121 cm³/mol. The lowest BCUT2D eigenvalue weighted by Gasteiger charge is -2.47. The van der Waals surface area contributed by atoms with Crippen molar-refractivity contribution in [3.8, 4) is 0 Å². The maximum atomic E-state index is 12.3. The van der Waals surface area contributed by atoms with Gasteiger partial charge in [0.1, 0.15) is 6.29 Å². The van der Waals surface area contributed by atoms with E-state index in [1.807, 2.05) is 0 Å². The number of hydrogen-bond donors (Lipinski definition) is 2. The molecular weight excluding hydrogens is 388 g/mol. The smallest absolute Gasteiger partial charge is 0.306 e. The number of likely N-dealkylation sites (tertiary alicyclic amines) is 1. The summed E-state index contributed by atoms with van der Waals surface area (Å²) in [6, 6.07) is 6.83. The highest BCUT2D eigenvalue weighted by Gasteiger charge is 2.42. The average molecular weight is 423 g/mol. The molecule has 0 radical (unpaired) electrons. The van der Waals surface area contributed by atoms with Gasteiger partial charge in [-0.1, -0.05) is 25.5 Å². The molecular formula is C26H34N2O3. The van der Waals surface area contributed by atoms with Crippen molar-refractivity contribution >= 4 is 23.2 Å². The average Bonchev–Trinajstić information content (AvgIpc) is 3.54. The van der Waals surface area contributed by atoms with Crippen LogP contribution >= 0.6 is 0 Å². The molecule has 0 amide bonds. The third kappa shape index (κ3) is 3.82. The summed E-state index contributed by atoms with van der Waals surface area (Å²) in [5.74, 6) is 0.0857. The number of H-pyrrole nitrogens is 1. The summed E-state index contributed by atoms with van der Waals surface area (Å²) in [7, 11) is 0. The first kappa shape index (κ1) is 20.7. The van der Waals surface area contributed by atoms with Gasteiger partial charge in [0.25, 0.3) is 0 Å². The van der Waals surface area contributed by atoms with Crippen LogP contribution in [-0.2, 0) is 9.59 Å². The maximum absolute atomic E-state index is 12.3. The van der Waals surface area contributed by atoms with Gasteiger partial charge in [0.2, 0.25) is 0 Å². The van der Waals surface area contributed by atoms with Crippen LogP contribution in [0, 0.1) is 17.8 Å². The molecule has 3 aliphatic rings. The molecule has 2 unspecified atom stereocenters. The molecule has 2 aliphatic carbocycles. The number of carboxylic acids is 1. The van der Waals surface area contributed by atoms with E-state index in [-0.39, 0.29) is 23.7 Å². The molecule has 2 N–H and O–H groups in total. The first-order chi connectivity index (χ1) is 15.1. The van der Waals surface area contributed by atoms with Gasteiger partial charge in [0.05, 0.1) is 5.92 Å². The van der Waals surface area contributed by atoms with E-state index in [9.17, 15) is 14.7 Å². The van der Waals surface area contributed by atoms with Crippen LogP contribution in [-0.4, -0.2) is 46.4 Å². The van der Waals surface area contributed by atoms with Crippen molar-refractivity contribution in [3.05, 3.63) is 35.5 Å². The lowest BCUT2D eigenvalue weighted by Crippen LogP contribution is -2.52. The van der Waals surface area contributed by atoms with E-state index < -0.39 is 5.97 Å². The Balaban J connectivity index is 1.38. The van der Waals surface area contributed by atoms with E-state index >= 15 is 0 Å². The number of nitrogens with one attached hydrogen (secondary N) is 1. The van der Waals surface area contributed by atoms with E-state index in [0.717, 1.165) is 51.5 Å². The van der Waals surface area contributed by atoms with E-state index in [1.54, 1.807) is 0 Å². The van der Waals surface area contributed by atoms with Crippen LogP contribution in [0.4, 0.5) is 0 Å². The van der Waals surface area contributed by atoms with Crippen LogP contribution in [0.2, 0.25) is 0 Å². The molecule has 1 aromatic heterocycles. The summed E-state index contributed by atoms with van der Waals surface area (Å²) in [5, 5.41) is 11.0. The number of piperidine rings is 1. The number of rotatable bonds is 7. The Morgan fingerprint density at radius 1 is 1.23 bits per heavy atom. The zero-order valence-electron chi connectivity index (χ0n) is 18.4. The van der Waals surface area contributed by atoms with Crippen molar-refractivity contribution in [1.82, 2.24) is 9.88 Å². The maximum Gasteiger partial charge on any atom is 0.306 e. The van der Waals surface area contributed by atoms with E-state index in [2.05, 4.69) is 41.2 Å². The van der Waals surface area contributed by atoms with Crippen molar-refractivity contribution in [2.45, 2.75) is 69.7 Å². The first-order valence-corrected chi connectivity index (χ1v) is 12.1. The molecule has 5 heteroatoms. The fourth-order valence-electron chi connectivity index (χ4n) is 6.47. The van der Waals surface area contributed by atoms with Gasteiger partial charge >= 0.3 is 5.97 Å². The number of nitrogens with zero attached hydrogens (tertiary/aromatic N) is 1. The minimum Gasteiger partial charge on any atom is -0.481 e. The zero-order valence-corrected chi connectivity index (χ0v) is 18.4. The van der Waals surface area contributed by atoms with Crippen LogP contribution in [0.15, 0.2) is 24.4 Å². The lowest BCUT2D eigenvalue weighted by molar-refractivity contribution is -0.148. The summed E-state index contributed by atoms with van der Waals surface area (Å²) in [6.07, 6.45) is 10.7. The van der Waals surface area contributed by atoms with Crippen LogP contribution < -0.4 is 0 Å². The van der Waals surface area contributed by atoms with Crippen molar-refractivity contribution in [2.24, 2.45) is 17.8 Å². The number of aldehydes is 1. The van der Waals surface area contributed by atoms with E-state index in [1.165, 1.54) is 34.9 Å². The molecule has 0 bridgehead atoms. The second kappa shape index (κ2) is 8.42. The SMILES string of the molecule is CC(c1c[nH]c2cccc(C3CC3)c12)C(C=O)CN1CCC[C@H]2[C@H](C(=O)O)CCC[C@@H]21. The number of carboxylic acid groups (broad SMARTS) is 1. The number of hydrogen-bond acceptors (Lipinski definition) is 3. The van der Waals surface area contributed by atoms with Gasteiger partial charge in [-0.05, 0) is 80.0 Å². The van der Waals surface area contributed by atoms with E-state index in [0.29, 0.717) is 12.0 Å². The first-order valence-electron chi connectivity index (χ1n) is 12.1. The van der Waals surface area contributed by atoms with Crippen molar-refractivity contribution in [1.29, 1.82) is 0 Å². The van der Waals surface area contributed by atoms with Gasteiger partial charge in [0.15, 0.2) is 0 Å². The molecule has 2 saturated carbocycles. The molecule has 31 heavy (non-hydrogen) atoms. The van der Waals surface area contributed by atoms with Gasteiger partial charge in [-0.2, -0.15) is 0 Å². The Bertz CT molecular complexity index is 963. The highest BCUT2D eigenvalue weighted by Crippen LogP contribution is 2.46. The standard InChI is InChI=1S/C26H34N2O3/c1-16(22-13-27-23-8-2-5-19(25(22)23)17-10-11-17)18(15-29)14-28-12-4-7-20-21(26(30)31)6-3-9-24(20)28/h2,5,8,13,15-18,20-21,24,27H,3-4,6-7,9-12,14H2,1H3,(H,30,31)/t16?,18?,20-,21+,24-/m0/s1. The Morgan fingerprint density at radius 3 is 2.81 bits per heavy atom. The number of aromatic nitrogens is 1. The monoisotopic (exact) mass is 422 g/mol. The number of aromatic amines is 1. The molecule has 3 fully saturated rings. The third-order valence-electron chi connectivity index (χ3n) is 8.33. The van der Waals surface area contributed by atoms with Gasteiger partial charge in [-0.3, -0.25) is 9.69 Å². The van der Waals surface area contributed by atoms with Gasteiger partial charge in [-0.15, -0.1) is 0 Å². The second-order valence-corrected chi connectivity index (χ2v) is 10.1. The largest absolute Gasteiger partial charge is 0.481 e. The van der Waals surface area contributed by atoms with Crippen molar-refractivity contribution < 1.29 is 14.7 Å². The van der Waals surface area contributed by atoms with Crippen molar-refractivity contribution in [2.75, 3.05) is 13.1 Å². The zero-order chi connectivity index (χ0) is 21.5. The summed E-state index contributed by atoms with van der Waals surface area (Å²) in [6.45, 7) is 3.90. The molecule has 2 aromatic rings. The minimum atomic E-state index is -0.636. The highest BCUT2D eigenvalue weighted by atomic mass is 16.4. The number of benzene rings is 1. The fraction of sp³-hybridized carbons (Fsp3) is 0.615. The Kier molecular flexibility index (Phi) is 5.63. The molecule has 2 heterocycles. The van der Waals surface area contributed by atoms with Crippen LogP contribution in [0.3, 0.4) is 0 Å². The highest BCUT2D eigenvalue weighted by molar-refractivity contribution is 5.88. The number of carbonyl (C=O) groups excluding carboxylic acids is 1. The molecule has 166 valence electrons. The summed E-state index contributed by atoms with van der Waals surface area (Å²) in [4.78, 5) is 30.0. The summed E-state index contributed by atoms with van der Waals surface area (Å²) in [5.41, 5.74) is 3.86. The minimum absolute atomic E-state index is 0.0878. The van der Waals surface area contributed by atoms with Gasteiger partial charge in [0, 0.05) is 35.6 Å². The Hall–Kier alpha value is -2.14. The molecule has 1 aliphatic heterocycles. The molecule has 1 saturated heterocycles. The quantitative estimate of drug-likeness (QED) is 0.621. The molecule has 5 atom stereocenters. The molecule has 0 spiro atoms. The summed E-state index contributed by atoms with van der Waals surface area (Å²) < 4.78 is 0. The van der Waals surface area contributed by atoms with Crippen LogP contribution in [0.5, 0.6) is 0 Å². The third-order valence-corrected chi connectivity index (χ3v) is 8.33. The number of carbonyl (C=O) groups is 2. The van der Waals surface area contributed by atoms with E-state index in [4.69, 9.17) is 0 Å². The molecule has 5 rings (SSSR count). The fourth-order valence-corrected chi connectivity index (χ4v) is 6.47. The predicted octanol–water partition coefficient (Wildman–Crippen LogP) is 4.93. The number of fused-ring (bicyclic) bond motifs is 2. The molecule has 5 nitrogen and oxygen atoms in total. The van der Waals surface area contributed by atoms with Crippen LogP contribution in [0.1, 0.15) is 74.8 Å². The topological polar surface area (TPSA) is 73.4 Å². The summed E-state index contributed by atoms with van der Waals surface area (Å²) >= 11 is 0. The van der Waals surface area contributed by atoms with Gasteiger partial charge in [-0.25, -0.2) is 0 Å². The number of aliphatic carboxylic acids is 1. The Morgan fingerprint density at radius 2 is 2.06 bits per heavy atom. The van der Waals surface area contributed by atoms with Crippen molar-refractivity contribution in [3.63, 3.8) is 0 Å². The normalized spacial score (nSPS) is 28.7. The van der Waals surface area contributed by atoms with Gasteiger partial charge < -0.3 is 14.9 Å².